The number of nitrogens with zero attached hydrogens (tertiary/aromatic N) is 2. The smallest absolute Gasteiger partial charge is 0.264 e. The molecule has 0 spiro atoms. The quantitative estimate of drug-likeness (QED) is 0.557. The van der Waals surface area contributed by atoms with Gasteiger partial charge < -0.3 is 5.32 Å². The maximum Gasteiger partial charge on any atom is 0.264 e. The summed E-state index contributed by atoms with van der Waals surface area (Å²) >= 11 is 4.60. The minimum atomic E-state index is -0.0195. The third-order valence-electron chi connectivity index (χ3n) is 2.59. The summed E-state index contributed by atoms with van der Waals surface area (Å²) in [5.41, 5.74) is 0.833. The van der Waals surface area contributed by atoms with E-state index < -0.39 is 0 Å². The molecule has 1 N–H and O–H groups in total. The highest BCUT2D eigenvalue weighted by atomic mass is 79.9. The van der Waals surface area contributed by atoms with Gasteiger partial charge in [-0.15, -0.1) is 5.10 Å². The van der Waals surface area contributed by atoms with Gasteiger partial charge in [0.15, 0.2) is 0 Å². The molecule has 1 rings (SSSR count). The van der Waals surface area contributed by atoms with Crippen molar-refractivity contribution >= 4 is 33.4 Å². The summed E-state index contributed by atoms with van der Waals surface area (Å²) < 4.78 is 3.86. The van der Waals surface area contributed by atoms with Crippen LogP contribution >= 0.6 is 27.5 Å². The van der Waals surface area contributed by atoms with Gasteiger partial charge in [0, 0.05) is 11.9 Å². The van der Waals surface area contributed by atoms with Crippen LogP contribution in [-0.4, -0.2) is 27.4 Å². The number of amides is 1. The Kier molecular flexibility index (Phi) is 8.17. The number of unbranched alkanes of at least 4 members (excludes halogenated alkanes) is 3. The van der Waals surface area contributed by atoms with Crippen molar-refractivity contribution in [1.82, 2.24) is 14.9 Å². The zero-order valence-electron chi connectivity index (χ0n) is 10.7. The lowest BCUT2D eigenvalue weighted by Crippen LogP contribution is -2.24. The van der Waals surface area contributed by atoms with Crippen LogP contribution in [0, 0.1) is 0 Å². The van der Waals surface area contributed by atoms with Gasteiger partial charge in [-0.3, -0.25) is 4.79 Å². The van der Waals surface area contributed by atoms with E-state index in [-0.39, 0.29) is 5.91 Å². The molecular weight excluding hydrogens is 314 g/mol. The number of halogens is 1. The molecule has 0 aromatic carbocycles. The first-order valence-electron chi connectivity index (χ1n) is 6.45. The van der Waals surface area contributed by atoms with Crippen LogP contribution in [0.25, 0.3) is 0 Å². The lowest BCUT2D eigenvalue weighted by atomic mass is 10.2. The Morgan fingerprint density at radius 2 is 2.11 bits per heavy atom. The number of aryl methyl sites for hydroxylation is 1. The number of alkyl halides is 1. The van der Waals surface area contributed by atoms with Crippen LogP contribution in [0.1, 0.15) is 54.4 Å². The van der Waals surface area contributed by atoms with E-state index in [1.54, 1.807) is 0 Å². The SMILES string of the molecule is CCCc1nnsc1C(=O)NCCCCCCBr. The van der Waals surface area contributed by atoms with Crippen molar-refractivity contribution in [2.24, 2.45) is 0 Å². The van der Waals surface area contributed by atoms with Crippen molar-refractivity contribution < 1.29 is 4.79 Å². The molecule has 1 aromatic rings. The van der Waals surface area contributed by atoms with E-state index in [2.05, 4.69) is 37.8 Å². The van der Waals surface area contributed by atoms with Gasteiger partial charge in [0.05, 0.1) is 5.69 Å². The Bertz CT molecular complexity index is 357. The predicted molar refractivity (Wildman–Crippen MR) is 78.5 cm³/mol. The molecule has 0 atom stereocenters. The van der Waals surface area contributed by atoms with Gasteiger partial charge >= 0.3 is 0 Å². The fourth-order valence-electron chi connectivity index (χ4n) is 1.64. The third-order valence-corrected chi connectivity index (χ3v) is 3.92. The molecule has 102 valence electrons. The molecule has 0 unspecified atom stereocenters. The Balaban J connectivity index is 2.25. The van der Waals surface area contributed by atoms with Crippen molar-refractivity contribution in [3.8, 4) is 0 Å². The fraction of sp³-hybridized carbons (Fsp3) is 0.750. The molecule has 18 heavy (non-hydrogen) atoms. The second-order valence-electron chi connectivity index (χ2n) is 4.16. The van der Waals surface area contributed by atoms with Gasteiger partial charge in [-0.05, 0) is 30.8 Å². The highest BCUT2D eigenvalue weighted by molar-refractivity contribution is 9.09. The van der Waals surface area contributed by atoms with Gasteiger partial charge in [0.25, 0.3) is 5.91 Å². The number of carbonyl (C=O) groups excluding carboxylic acids is 1. The summed E-state index contributed by atoms with van der Waals surface area (Å²) in [5, 5.41) is 8.00. The van der Waals surface area contributed by atoms with E-state index in [1.165, 1.54) is 24.4 Å². The molecule has 0 aliphatic carbocycles. The Morgan fingerprint density at radius 3 is 2.83 bits per heavy atom. The first-order chi connectivity index (χ1) is 8.79. The maximum absolute atomic E-state index is 11.9. The van der Waals surface area contributed by atoms with Gasteiger partial charge in [0.1, 0.15) is 4.88 Å². The Labute approximate surface area is 121 Å². The van der Waals surface area contributed by atoms with Crippen LogP contribution < -0.4 is 5.32 Å². The first-order valence-corrected chi connectivity index (χ1v) is 8.34. The second-order valence-corrected chi connectivity index (χ2v) is 5.70. The van der Waals surface area contributed by atoms with E-state index >= 15 is 0 Å². The third kappa shape index (κ3) is 5.44. The second kappa shape index (κ2) is 9.44. The molecular formula is C12H20BrN3OS. The molecule has 0 bridgehead atoms. The summed E-state index contributed by atoms with van der Waals surface area (Å²) in [6.45, 7) is 2.81. The number of aromatic nitrogens is 2. The summed E-state index contributed by atoms with van der Waals surface area (Å²) in [4.78, 5) is 12.6. The molecule has 0 saturated carbocycles. The van der Waals surface area contributed by atoms with E-state index in [9.17, 15) is 4.79 Å². The van der Waals surface area contributed by atoms with Gasteiger partial charge in [-0.25, -0.2) is 0 Å². The molecule has 4 nitrogen and oxygen atoms in total. The lowest BCUT2D eigenvalue weighted by molar-refractivity contribution is 0.0956. The van der Waals surface area contributed by atoms with Crippen molar-refractivity contribution in [1.29, 1.82) is 0 Å². The summed E-state index contributed by atoms with van der Waals surface area (Å²) in [7, 11) is 0. The molecule has 0 radical (unpaired) electrons. The molecule has 0 aliphatic heterocycles. The Morgan fingerprint density at radius 1 is 1.33 bits per heavy atom. The average molecular weight is 334 g/mol. The standard InChI is InChI=1S/C12H20BrN3OS/c1-2-7-10-11(18-16-15-10)12(17)14-9-6-4-3-5-8-13/h2-9H2,1H3,(H,14,17). The van der Waals surface area contributed by atoms with E-state index in [0.29, 0.717) is 4.88 Å². The zero-order valence-corrected chi connectivity index (χ0v) is 13.1. The molecule has 0 saturated heterocycles. The van der Waals surface area contributed by atoms with Gasteiger partial charge in [-0.2, -0.15) is 0 Å². The normalized spacial score (nSPS) is 10.6. The monoisotopic (exact) mass is 333 g/mol. The minimum absolute atomic E-state index is 0.0195. The van der Waals surface area contributed by atoms with Crippen molar-refractivity contribution in [2.75, 3.05) is 11.9 Å². The molecule has 1 amide bonds. The van der Waals surface area contributed by atoms with Crippen molar-refractivity contribution in [3.05, 3.63) is 10.6 Å². The predicted octanol–water partition coefficient (Wildman–Crippen LogP) is 3.18. The zero-order chi connectivity index (χ0) is 13.2. The minimum Gasteiger partial charge on any atom is -0.351 e. The topological polar surface area (TPSA) is 54.9 Å². The molecule has 0 aliphatic rings. The first kappa shape index (κ1) is 15.6. The number of hydrogen-bond donors (Lipinski definition) is 1. The highest BCUT2D eigenvalue weighted by Crippen LogP contribution is 2.12. The van der Waals surface area contributed by atoms with Gasteiger partial charge in [0.2, 0.25) is 0 Å². The van der Waals surface area contributed by atoms with Gasteiger partial charge in [-0.1, -0.05) is 46.6 Å². The van der Waals surface area contributed by atoms with Crippen LogP contribution in [0.5, 0.6) is 0 Å². The van der Waals surface area contributed by atoms with Crippen LogP contribution in [0.4, 0.5) is 0 Å². The highest BCUT2D eigenvalue weighted by Gasteiger charge is 2.14. The average Bonchev–Trinajstić information content (AvgIpc) is 2.82. The molecule has 1 heterocycles. The van der Waals surface area contributed by atoms with E-state index in [0.717, 1.165) is 43.3 Å². The number of nitrogens with one attached hydrogen (secondary N) is 1. The van der Waals surface area contributed by atoms with Crippen LogP contribution in [0.15, 0.2) is 0 Å². The Hall–Kier alpha value is -0.490. The number of carbonyl (C=O) groups is 1. The number of rotatable bonds is 9. The fourth-order valence-corrected chi connectivity index (χ4v) is 2.66. The maximum atomic E-state index is 11.9. The largest absolute Gasteiger partial charge is 0.351 e. The summed E-state index contributed by atoms with van der Waals surface area (Å²) in [5.74, 6) is -0.0195. The lowest BCUT2D eigenvalue weighted by Gasteiger charge is -2.04. The molecule has 1 aromatic heterocycles. The summed E-state index contributed by atoms with van der Waals surface area (Å²) in [6, 6.07) is 0. The molecule has 6 heteroatoms. The van der Waals surface area contributed by atoms with Crippen LogP contribution in [0.2, 0.25) is 0 Å². The molecule has 0 fully saturated rings. The van der Waals surface area contributed by atoms with Crippen LogP contribution in [0.3, 0.4) is 0 Å². The number of hydrogen-bond acceptors (Lipinski definition) is 4. The van der Waals surface area contributed by atoms with Crippen LogP contribution in [-0.2, 0) is 6.42 Å². The summed E-state index contributed by atoms with van der Waals surface area (Å²) in [6.07, 6.45) is 6.42. The van der Waals surface area contributed by atoms with E-state index in [1.807, 2.05) is 0 Å². The van der Waals surface area contributed by atoms with Crippen molar-refractivity contribution in [2.45, 2.75) is 45.4 Å². The van der Waals surface area contributed by atoms with E-state index in [4.69, 9.17) is 0 Å². The van der Waals surface area contributed by atoms with Crippen molar-refractivity contribution in [3.63, 3.8) is 0 Å².